The molecule has 1 fully saturated rings. The Morgan fingerprint density at radius 1 is 1.24 bits per heavy atom. The van der Waals surface area contributed by atoms with E-state index in [9.17, 15) is 9.59 Å². The summed E-state index contributed by atoms with van der Waals surface area (Å²) in [6.45, 7) is 3.31. The van der Waals surface area contributed by atoms with E-state index in [0.29, 0.717) is 23.2 Å². The second kappa shape index (κ2) is 8.74. The van der Waals surface area contributed by atoms with E-state index in [1.54, 1.807) is 25.3 Å². The molecule has 1 aromatic carbocycles. The van der Waals surface area contributed by atoms with Crippen LogP contribution in [0.5, 0.6) is 5.75 Å². The Hall–Kier alpha value is -2.24. The van der Waals surface area contributed by atoms with Crippen LogP contribution in [0.25, 0.3) is 0 Å². The third kappa shape index (κ3) is 5.11. The summed E-state index contributed by atoms with van der Waals surface area (Å²) in [4.78, 5) is 25.9. The third-order valence-corrected chi connectivity index (χ3v) is 4.73. The highest BCUT2D eigenvalue weighted by Crippen LogP contribution is 2.29. The number of rotatable bonds is 6. The van der Waals surface area contributed by atoms with Crippen molar-refractivity contribution in [3.8, 4) is 5.75 Å². The van der Waals surface area contributed by atoms with E-state index in [1.165, 1.54) is 26.2 Å². The lowest BCUT2D eigenvalue weighted by Gasteiger charge is -2.33. The van der Waals surface area contributed by atoms with Crippen molar-refractivity contribution in [3.05, 3.63) is 18.2 Å². The zero-order valence-electron chi connectivity index (χ0n) is 15.6. The summed E-state index contributed by atoms with van der Waals surface area (Å²) < 4.78 is 5.36. The largest absolute Gasteiger partial charge is 0.495 e. The Labute approximate surface area is 149 Å². The molecule has 0 aromatic heterocycles. The maximum Gasteiger partial charge on any atom is 0.244 e. The van der Waals surface area contributed by atoms with Crippen LogP contribution in [0.3, 0.4) is 0 Å². The summed E-state index contributed by atoms with van der Waals surface area (Å²) in [6, 6.07) is 5.28. The number of nitrogens with zero attached hydrogens (tertiary/aromatic N) is 1. The number of hydrogen-bond acceptors (Lipinski definition) is 4. The molecule has 138 valence electrons. The van der Waals surface area contributed by atoms with Gasteiger partial charge in [0.2, 0.25) is 11.8 Å². The number of carbonyl (C=O) groups excluding carboxylic acids is 2. The van der Waals surface area contributed by atoms with E-state index < -0.39 is 0 Å². The smallest absolute Gasteiger partial charge is 0.244 e. The van der Waals surface area contributed by atoms with Crippen LogP contribution in [0.2, 0.25) is 0 Å². The number of methoxy groups -OCH3 is 1. The molecule has 6 nitrogen and oxygen atoms in total. The Bertz CT molecular complexity index is 612. The van der Waals surface area contributed by atoms with Crippen molar-refractivity contribution in [2.24, 2.45) is 0 Å². The number of nitrogens with one attached hydrogen (secondary N) is 2. The molecule has 1 aliphatic carbocycles. The third-order valence-electron chi connectivity index (χ3n) is 4.73. The molecule has 6 heteroatoms. The van der Waals surface area contributed by atoms with Gasteiger partial charge in [-0.05, 0) is 38.0 Å². The fourth-order valence-electron chi connectivity index (χ4n) is 3.35. The Kier molecular flexibility index (Phi) is 6.67. The van der Waals surface area contributed by atoms with Crippen molar-refractivity contribution in [1.29, 1.82) is 0 Å². The van der Waals surface area contributed by atoms with Gasteiger partial charge in [-0.2, -0.15) is 0 Å². The first-order chi connectivity index (χ1) is 11.9. The van der Waals surface area contributed by atoms with E-state index >= 15 is 0 Å². The van der Waals surface area contributed by atoms with E-state index in [1.807, 2.05) is 18.9 Å². The van der Waals surface area contributed by atoms with Crippen LogP contribution in [-0.2, 0) is 9.59 Å². The average molecular weight is 347 g/mol. The number of anilines is 2. The van der Waals surface area contributed by atoms with Gasteiger partial charge in [0.15, 0.2) is 0 Å². The summed E-state index contributed by atoms with van der Waals surface area (Å²) >= 11 is 0. The minimum atomic E-state index is -0.381. The van der Waals surface area contributed by atoms with Crippen LogP contribution in [0, 0.1) is 0 Å². The maximum absolute atomic E-state index is 12.8. The fraction of sp³-hybridized carbons (Fsp3) is 0.579. The molecular weight excluding hydrogens is 318 g/mol. The minimum absolute atomic E-state index is 0.0684. The van der Waals surface area contributed by atoms with Crippen LogP contribution in [0.4, 0.5) is 11.4 Å². The van der Waals surface area contributed by atoms with Crippen molar-refractivity contribution in [2.45, 2.75) is 58.0 Å². The van der Waals surface area contributed by atoms with Gasteiger partial charge in [-0.1, -0.05) is 19.3 Å². The zero-order valence-corrected chi connectivity index (χ0v) is 15.6. The monoisotopic (exact) mass is 347 g/mol. The van der Waals surface area contributed by atoms with Gasteiger partial charge in [0.05, 0.1) is 12.8 Å². The molecule has 0 aliphatic heterocycles. The average Bonchev–Trinajstić information content (AvgIpc) is 2.61. The summed E-state index contributed by atoms with van der Waals surface area (Å²) in [5.74, 6) is 0.560. The first-order valence-corrected chi connectivity index (χ1v) is 8.91. The van der Waals surface area contributed by atoms with Crippen molar-refractivity contribution >= 4 is 23.2 Å². The standard InChI is InChI=1S/C19H29N3O3/c1-13(19(24)22(3)16-8-6-5-7-9-16)20-17-12-15(21-14(2)23)10-11-18(17)25-4/h10-13,16,20H,5-9H2,1-4H3,(H,21,23)/t13-/m0/s1. The first-order valence-electron chi connectivity index (χ1n) is 8.91. The molecule has 1 saturated carbocycles. The predicted octanol–water partition coefficient (Wildman–Crippen LogP) is 3.25. The predicted molar refractivity (Wildman–Crippen MR) is 100 cm³/mol. The van der Waals surface area contributed by atoms with Gasteiger partial charge in [-0.3, -0.25) is 9.59 Å². The van der Waals surface area contributed by atoms with Crippen LogP contribution in [0.15, 0.2) is 18.2 Å². The van der Waals surface area contributed by atoms with Crippen LogP contribution < -0.4 is 15.4 Å². The van der Waals surface area contributed by atoms with Crippen molar-refractivity contribution in [1.82, 2.24) is 4.90 Å². The number of likely N-dealkylation sites (N-methyl/N-ethyl adjacent to an activating group) is 1. The molecular formula is C19H29N3O3. The normalized spacial score (nSPS) is 16.0. The molecule has 0 heterocycles. The molecule has 1 atom stereocenters. The van der Waals surface area contributed by atoms with Gasteiger partial charge >= 0.3 is 0 Å². The molecule has 0 spiro atoms. The van der Waals surface area contributed by atoms with E-state index in [4.69, 9.17) is 4.74 Å². The number of benzene rings is 1. The van der Waals surface area contributed by atoms with Gasteiger partial charge in [-0.15, -0.1) is 0 Å². The summed E-state index contributed by atoms with van der Waals surface area (Å²) in [7, 11) is 3.47. The first kappa shape index (κ1) is 19.1. The van der Waals surface area contributed by atoms with Crippen LogP contribution in [0.1, 0.15) is 46.0 Å². The minimum Gasteiger partial charge on any atom is -0.495 e. The molecule has 2 amide bonds. The topological polar surface area (TPSA) is 70.7 Å². The van der Waals surface area contributed by atoms with Crippen molar-refractivity contribution < 1.29 is 14.3 Å². The summed E-state index contributed by atoms with van der Waals surface area (Å²) in [5, 5.41) is 5.97. The molecule has 0 saturated heterocycles. The number of ether oxygens (including phenoxy) is 1. The number of carbonyl (C=O) groups is 2. The fourth-order valence-corrected chi connectivity index (χ4v) is 3.35. The lowest BCUT2D eigenvalue weighted by molar-refractivity contribution is -0.133. The summed E-state index contributed by atoms with van der Waals surface area (Å²) in [6.07, 6.45) is 5.80. The van der Waals surface area contributed by atoms with E-state index in [2.05, 4.69) is 10.6 Å². The lowest BCUT2D eigenvalue weighted by atomic mass is 9.94. The van der Waals surface area contributed by atoms with Crippen LogP contribution >= 0.6 is 0 Å². The van der Waals surface area contributed by atoms with E-state index in [-0.39, 0.29) is 17.9 Å². The van der Waals surface area contributed by atoms with Gasteiger partial charge < -0.3 is 20.3 Å². The molecule has 0 unspecified atom stereocenters. The van der Waals surface area contributed by atoms with Gasteiger partial charge in [0.25, 0.3) is 0 Å². The molecule has 0 bridgehead atoms. The molecule has 2 N–H and O–H groups in total. The van der Waals surface area contributed by atoms with Gasteiger partial charge in [-0.25, -0.2) is 0 Å². The highest BCUT2D eigenvalue weighted by atomic mass is 16.5. The lowest BCUT2D eigenvalue weighted by Crippen LogP contribution is -2.45. The number of hydrogen-bond donors (Lipinski definition) is 2. The highest BCUT2D eigenvalue weighted by Gasteiger charge is 2.26. The molecule has 2 rings (SSSR count). The SMILES string of the molecule is COc1ccc(NC(C)=O)cc1N[C@@H](C)C(=O)N(C)C1CCCCC1. The molecule has 1 aromatic rings. The Morgan fingerprint density at radius 2 is 1.92 bits per heavy atom. The van der Waals surface area contributed by atoms with Crippen LogP contribution in [-0.4, -0.2) is 43.0 Å². The maximum atomic E-state index is 12.8. The summed E-state index contributed by atoms with van der Waals surface area (Å²) in [5.41, 5.74) is 1.35. The quantitative estimate of drug-likeness (QED) is 0.829. The van der Waals surface area contributed by atoms with E-state index in [0.717, 1.165) is 12.8 Å². The molecule has 1 aliphatic rings. The number of amides is 2. The van der Waals surface area contributed by atoms with Crippen molar-refractivity contribution in [2.75, 3.05) is 24.8 Å². The Balaban J connectivity index is 2.08. The zero-order chi connectivity index (χ0) is 18.4. The molecule has 0 radical (unpaired) electrons. The Morgan fingerprint density at radius 3 is 2.52 bits per heavy atom. The second-order valence-corrected chi connectivity index (χ2v) is 6.70. The molecule has 25 heavy (non-hydrogen) atoms. The van der Waals surface area contributed by atoms with Crippen molar-refractivity contribution in [3.63, 3.8) is 0 Å². The van der Waals surface area contributed by atoms with Gasteiger partial charge in [0, 0.05) is 25.7 Å². The highest BCUT2D eigenvalue weighted by molar-refractivity contribution is 5.90. The second-order valence-electron chi connectivity index (χ2n) is 6.70. The van der Waals surface area contributed by atoms with Gasteiger partial charge in [0.1, 0.15) is 11.8 Å².